The van der Waals surface area contributed by atoms with Gasteiger partial charge in [0.05, 0.1) is 30.5 Å². The standard InChI is InChI=1S/C24H39O5/c1-21(2,29-12-11-25)19-8-10-24(28)17-6-5-15-13-16(26)7-9-22(15,3)18(17)14-20(27)23(19,24)4/h5,16-20,25-26,28H,6-14H2,1-4H3/q-1/t16-,17?,18?,19?,20+,22-,23-,24-/m0/s1. The predicted molar refractivity (Wildman–Crippen MR) is 109 cm³/mol. The van der Waals surface area contributed by atoms with Gasteiger partial charge in [-0.15, -0.1) is 6.10 Å². The molecule has 3 unspecified atom stereocenters. The molecule has 166 valence electrons. The molecule has 4 rings (SSSR count). The molecule has 0 aromatic carbocycles. The molecule has 3 saturated carbocycles. The van der Waals surface area contributed by atoms with Gasteiger partial charge < -0.3 is 25.2 Å². The van der Waals surface area contributed by atoms with Crippen molar-refractivity contribution in [2.24, 2.45) is 28.6 Å². The van der Waals surface area contributed by atoms with E-state index >= 15 is 0 Å². The van der Waals surface area contributed by atoms with Crippen LogP contribution in [0, 0.1) is 28.6 Å². The molecule has 0 aromatic heterocycles. The lowest BCUT2D eigenvalue weighted by Crippen LogP contribution is -2.70. The number of ether oxygens (including phenoxy) is 1. The zero-order valence-electron chi connectivity index (χ0n) is 18.5. The Labute approximate surface area is 175 Å². The maximum Gasteiger partial charge on any atom is 0.0728 e. The van der Waals surface area contributed by atoms with Crippen molar-refractivity contribution in [3.8, 4) is 0 Å². The summed E-state index contributed by atoms with van der Waals surface area (Å²) in [4.78, 5) is 0. The second-order valence-electron chi connectivity index (χ2n) is 11.2. The van der Waals surface area contributed by atoms with Gasteiger partial charge in [0.2, 0.25) is 0 Å². The smallest absolute Gasteiger partial charge is 0.0728 e. The van der Waals surface area contributed by atoms with E-state index in [0.717, 1.165) is 25.7 Å². The minimum atomic E-state index is -0.992. The van der Waals surface area contributed by atoms with Crippen molar-refractivity contribution in [3.05, 3.63) is 11.6 Å². The zero-order chi connectivity index (χ0) is 21.2. The van der Waals surface area contributed by atoms with E-state index in [2.05, 4.69) is 13.0 Å². The fourth-order valence-electron chi connectivity index (χ4n) is 8.06. The van der Waals surface area contributed by atoms with Gasteiger partial charge in [0.15, 0.2) is 0 Å². The van der Waals surface area contributed by atoms with Crippen LogP contribution in [0.3, 0.4) is 0 Å². The van der Waals surface area contributed by atoms with E-state index in [1.165, 1.54) is 5.57 Å². The number of fused-ring (bicyclic) bond motifs is 5. The molecule has 0 amide bonds. The molecule has 0 aromatic rings. The quantitative estimate of drug-likeness (QED) is 0.621. The van der Waals surface area contributed by atoms with E-state index in [9.17, 15) is 20.4 Å². The molecule has 4 aliphatic rings. The zero-order valence-corrected chi connectivity index (χ0v) is 18.5. The van der Waals surface area contributed by atoms with Gasteiger partial charge >= 0.3 is 0 Å². The number of hydrogen-bond acceptors (Lipinski definition) is 5. The molecular formula is C24H39O5-. The van der Waals surface area contributed by atoms with Gasteiger partial charge in [0.25, 0.3) is 0 Å². The summed E-state index contributed by atoms with van der Waals surface area (Å²) in [5, 5.41) is 45.4. The second-order valence-corrected chi connectivity index (χ2v) is 11.2. The van der Waals surface area contributed by atoms with Gasteiger partial charge in [-0.2, -0.15) is 0 Å². The first-order valence-corrected chi connectivity index (χ1v) is 11.5. The number of aliphatic hydroxyl groups is 3. The third-order valence-electron chi connectivity index (χ3n) is 9.73. The minimum Gasteiger partial charge on any atom is -0.851 e. The Hall–Kier alpha value is -0.460. The highest BCUT2D eigenvalue weighted by Gasteiger charge is 2.69. The van der Waals surface area contributed by atoms with Crippen LogP contribution in [0.25, 0.3) is 0 Å². The molecule has 3 N–H and O–H groups in total. The first-order valence-electron chi connectivity index (χ1n) is 11.5. The van der Waals surface area contributed by atoms with Gasteiger partial charge in [-0.1, -0.05) is 31.9 Å². The average Bonchev–Trinajstić information content (AvgIpc) is 2.95. The van der Waals surface area contributed by atoms with Crippen LogP contribution in [0.4, 0.5) is 0 Å². The van der Waals surface area contributed by atoms with Gasteiger partial charge in [-0.05, 0) is 81.0 Å². The summed E-state index contributed by atoms with van der Waals surface area (Å²) in [6.45, 7) is 8.49. The van der Waals surface area contributed by atoms with E-state index in [1.54, 1.807) is 0 Å². The fraction of sp³-hybridized carbons (Fsp3) is 0.917. The van der Waals surface area contributed by atoms with Crippen LogP contribution < -0.4 is 5.11 Å². The van der Waals surface area contributed by atoms with Crippen LogP contribution in [-0.4, -0.2) is 51.9 Å². The molecule has 0 heterocycles. The monoisotopic (exact) mass is 407 g/mol. The van der Waals surface area contributed by atoms with Crippen molar-refractivity contribution >= 4 is 0 Å². The van der Waals surface area contributed by atoms with E-state index in [4.69, 9.17) is 4.74 Å². The molecular weight excluding hydrogens is 368 g/mol. The molecule has 29 heavy (non-hydrogen) atoms. The summed E-state index contributed by atoms with van der Waals surface area (Å²) in [5.41, 5.74) is -1.08. The summed E-state index contributed by atoms with van der Waals surface area (Å²) in [6.07, 6.45) is 6.34. The second kappa shape index (κ2) is 7.03. The third kappa shape index (κ3) is 2.91. The van der Waals surface area contributed by atoms with Crippen molar-refractivity contribution in [1.29, 1.82) is 0 Å². The number of aliphatic hydroxyl groups excluding tert-OH is 2. The Morgan fingerprint density at radius 3 is 2.62 bits per heavy atom. The van der Waals surface area contributed by atoms with Crippen molar-refractivity contribution in [1.82, 2.24) is 0 Å². The Balaban J connectivity index is 1.70. The number of allylic oxidation sites excluding steroid dienone is 1. The third-order valence-corrected chi connectivity index (χ3v) is 9.73. The van der Waals surface area contributed by atoms with E-state index in [0.29, 0.717) is 19.3 Å². The van der Waals surface area contributed by atoms with Gasteiger partial charge in [0.1, 0.15) is 0 Å². The average molecular weight is 408 g/mol. The van der Waals surface area contributed by atoms with E-state index in [1.807, 2.05) is 20.8 Å². The predicted octanol–water partition coefficient (Wildman–Crippen LogP) is 2.17. The van der Waals surface area contributed by atoms with Crippen LogP contribution in [0.2, 0.25) is 0 Å². The molecule has 3 fully saturated rings. The topological polar surface area (TPSA) is 93.0 Å². The lowest BCUT2D eigenvalue weighted by Gasteiger charge is -2.67. The van der Waals surface area contributed by atoms with Crippen molar-refractivity contribution in [2.75, 3.05) is 13.2 Å². The largest absolute Gasteiger partial charge is 0.851 e. The Morgan fingerprint density at radius 2 is 1.93 bits per heavy atom. The molecule has 5 heteroatoms. The maximum atomic E-state index is 13.8. The van der Waals surface area contributed by atoms with Crippen molar-refractivity contribution in [3.63, 3.8) is 0 Å². The Morgan fingerprint density at radius 1 is 1.21 bits per heavy atom. The van der Waals surface area contributed by atoms with Gasteiger partial charge in [-0.3, -0.25) is 0 Å². The van der Waals surface area contributed by atoms with Crippen molar-refractivity contribution in [2.45, 2.75) is 96.1 Å². The van der Waals surface area contributed by atoms with Crippen LogP contribution in [-0.2, 0) is 4.74 Å². The highest BCUT2D eigenvalue weighted by Crippen LogP contribution is 2.68. The summed E-state index contributed by atoms with van der Waals surface area (Å²) < 4.78 is 5.98. The summed E-state index contributed by atoms with van der Waals surface area (Å²) in [7, 11) is 0. The van der Waals surface area contributed by atoms with Crippen molar-refractivity contribution < 1.29 is 25.2 Å². The molecule has 0 saturated heterocycles. The summed E-state index contributed by atoms with van der Waals surface area (Å²) in [5.74, 6) is 0.220. The van der Waals surface area contributed by atoms with Gasteiger partial charge in [-0.25, -0.2) is 0 Å². The van der Waals surface area contributed by atoms with Crippen LogP contribution in [0.15, 0.2) is 11.6 Å². The fourth-order valence-corrected chi connectivity index (χ4v) is 8.06. The van der Waals surface area contributed by atoms with Crippen LogP contribution >= 0.6 is 0 Å². The number of rotatable bonds is 4. The lowest BCUT2D eigenvalue weighted by molar-refractivity contribution is -0.480. The normalized spacial score (nSPS) is 49.8. The van der Waals surface area contributed by atoms with Crippen LogP contribution in [0.1, 0.15) is 72.6 Å². The Kier molecular flexibility index (Phi) is 5.27. The highest BCUT2D eigenvalue weighted by molar-refractivity contribution is 5.29. The molecule has 0 spiro atoms. The maximum absolute atomic E-state index is 13.8. The lowest BCUT2D eigenvalue weighted by atomic mass is 9.44. The first-order chi connectivity index (χ1) is 13.5. The summed E-state index contributed by atoms with van der Waals surface area (Å²) in [6, 6.07) is 0. The SMILES string of the molecule is CC(C)(OCCO)C1CC[C@]2(O)C3CC=C4C[C@@H](O)CC[C@]4(C)C3C[C@@H]([O-])[C@]12C. The highest BCUT2D eigenvalue weighted by atomic mass is 16.5. The van der Waals surface area contributed by atoms with E-state index in [-0.39, 0.29) is 42.5 Å². The molecule has 4 aliphatic carbocycles. The minimum absolute atomic E-state index is 0.0404. The molecule has 0 radical (unpaired) electrons. The molecule has 8 atom stereocenters. The van der Waals surface area contributed by atoms with E-state index < -0.39 is 22.7 Å². The molecule has 0 aliphatic heterocycles. The Bertz CT molecular complexity index is 674. The number of hydrogen-bond donors (Lipinski definition) is 3. The molecule has 0 bridgehead atoms. The van der Waals surface area contributed by atoms with Gasteiger partial charge in [0, 0.05) is 0 Å². The molecule has 5 nitrogen and oxygen atoms in total. The van der Waals surface area contributed by atoms with Crippen LogP contribution in [0.5, 0.6) is 0 Å². The summed E-state index contributed by atoms with van der Waals surface area (Å²) >= 11 is 0. The first kappa shape index (κ1) is 21.8.